The fraction of sp³-hybridized carbons (Fsp3) is 0.417. The van der Waals surface area contributed by atoms with Crippen molar-refractivity contribution in [1.82, 2.24) is 15.1 Å². The highest BCUT2D eigenvalue weighted by Gasteiger charge is 2.28. The lowest BCUT2D eigenvalue weighted by Gasteiger charge is -2.24. The van der Waals surface area contributed by atoms with Gasteiger partial charge in [0.15, 0.2) is 5.82 Å². The van der Waals surface area contributed by atoms with Gasteiger partial charge in [0, 0.05) is 23.0 Å². The number of hydrogen-bond acceptors (Lipinski definition) is 7. The number of aromatic nitrogens is 3. The Morgan fingerprint density at radius 2 is 2.21 bits per heavy atom. The maximum absolute atomic E-state index is 5.87. The molecule has 0 aromatic carbocycles. The third-order valence-corrected chi connectivity index (χ3v) is 6.05. The second kappa shape index (κ2) is 5.42. The monoisotopic (exact) mass is 294 g/mol. The van der Waals surface area contributed by atoms with Gasteiger partial charge in [0.2, 0.25) is 0 Å². The zero-order valence-electron chi connectivity index (χ0n) is 10.4. The first kappa shape index (κ1) is 12.8. The number of anilines is 1. The van der Waals surface area contributed by atoms with Crippen LogP contribution in [0.5, 0.6) is 0 Å². The third-order valence-electron chi connectivity index (χ3n) is 2.97. The number of rotatable bonds is 2. The Hall–Kier alpha value is -1.21. The molecule has 5 nitrogen and oxygen atoms in total. The molecule has 0 radical (unpaired) electrons. The largest absolute Gasteiger partial charge is 0.397 e. The number of nitrogens with zero attached hydrogens (tertiary/aromatic N) is 3. The van der Waals surface area contributed by atoms with E-state index in [2.05, 4.69) is 22.0 Å². The molecule has 1 fully saturated rings. The predicted octanol–water partition coefficient (Wildman–Crippen LogP) is 2.62. The SMILES string of the molecule is CC1SCCSC1c1noc(-c2ccncc2N)n1. The minimum atomic E-state index is 0.291. The molecule has 0 saturated carbocycles. The molecule has 19 heavy (non-hydrogen) atoms. The summed E-state index contributed by atoms with van der Waals surface area (Å²) < 4.78 is 5.34. The van der Waals surface area contributed by atoms with Crippen molar-refractivity contribution >= 4 is 29.2 Å². The molecule has 2 aromatic heterocycles. The van der Waals surface area contributed by atoms with E-state index < -0.39 is 0 Å². The van der Waals surface area contributed by atoms with Crippen molar-refractivity contribution in [2.24, 2.45) is 0 Å². The molecule has 100 valence electrons. The van der Waals surface area contributed by atoms with E-state index in [1.165, 1.54) is 5.75 Å². The molecule has 0 bridgehead atoms. The van der Waals surface area contributed by atoms with Gasteiger partial charge in [-0.1, -0.05) is 12.1 Å². The molecule has 2 unspecified atom stereocenters. The molecule has 0 aliphatic carbocycles. The summed E-state index contributed by atoms with van der Waals surface area (Å²) in [7, 11) is 0. The summed E-state index contributed by atoms with van der Waals surface area (Å²) in [5, 5.41) is 4.90. The third kappa shape index (κ3) is 2.57. The number of nitrogens with two attached hydrogens (primary N) is 1. The van der Waals surface area contributed by atoms with Crippen LogP contribution < -0.4 is 5.73 Å². The maximum Gasteiger partial charge on any atom is 0.260 e. The van der Waals surface area contributed by atoms with E-state index in [4.69, 9.17) is 10.3 Å². The molecule has 1 saturated heterocycles. The molecule has 3 heterocycles. The summed E-state index contributed by atoms with van der Waals surface area (Å²) in [6, 6.07) is 1.79. The number of pyridine rings is 1. The Morgan fingerprint density at radius 3 is 3.00 bits per heavy atom. The fourth-order valence-electron chi connectivity index (χ4n) is 1.98. The van der Waals surface area contributed by atoms with Crippen LogP contribution in [0.25, 0.3) is 11.5 Å². The van der Waals surface area contributed by atoms with Gasteiger partial charge in [-0.15, -0.1) is 11.8 Å². The van der Waals surface area contributed by atoms with Crippen molar-refractivity contribution in [1.29, 1.82) is 0 Å². The Labute approximate surface area is 119 Å². The summed E-state index contributed by atoms with van der Waals surface area (Å²) in [6.07, 6.45) is 3.26. The number of hydrogen-bond donors (Lipinski definition) is 1. The van der Waals surface area contributed by atoms with Gasteiger partial charge in [-0.05, 0) is 6.07 Å². The minimum Gasteiger partial charge on any atom is -0.397 e. The van der Waals surface area contributed by atoms with Crippen LogP contribution >= 0.6 is 23.5 Å². The lowest BCUT2D eigenvalue weighted by atomic mass is 10.2. The van der Waals surface area contributed by atoms with E-state index in [1.807, 2.05) is 23.5 Å². The van der Waals surface area contributed by atoms with Gasteiger partial charge in [0.1, 0.15) is 0 Å². The van der Waals surface area contributed by atoms with Crippen LogP contribution in [-0.4, -0.2) is 31.9 Å². The van der Waals surface area contributed by atoms with Crippen LogP contribution in [0.2, 0.25) is 0 Å². The van der Waals surface area contributed by atoms with E-state index in [9.17, 15) is 0 Å². The first-order valence-electron chi connectivity index (χ1n) is 6.02. The molecule has 0 amide bonds. The van der Waals surface area contributed by atoms with Gasteiger partial charge in [0.25, 0.3) is 5.89 Å². The average molecular weight is 294 g/mol. The normalized spacial score (nSPS) is 23.4. The Kier molecular flexibility index (Phi) is 3.65. The second-order valence-electron chi connectivity index (χ2n) is 4.29. The Balaban J connectivity index is 1.89. The molecule has 3 rings (SSSR count). The highest BCUT2D eigenvalue weighted by molar-refractivity contribution is 8.06. The number of thioether (sulfide) groups is 2. The molecular weight excluding hydrogens is 280 g/mol. The zero-order chi connectivity index (χ0) is 13.2. The van der Waals surface area contributed by atoms with Crippen molar-refractivity contribution in [2.75, 3.05) is 17.2 Å². The summed E-state index contributed by atoms with van der Waals surface area (Å²) in [6.45, 7) is 2.21. The van der Waals surface area contributed by atoms with Gasteiger partial charge >= 0.3 is 0 Å². The summed E-state index contributed by atoms with van der Waals surface area (Å²) in [5.74, 6) is 3.54. The van der Waals surface area contributed by atoms with Crippen LogP contribution in [0.4, 0.5) is 5.69 Å². The van der Waals surface area contributed by atoms with Gasteiger partial charge in [-0.3, -0.25) is 4.98 Å². The van der Waals surface area contributed by atoms with Crippen LogP contribution in [0, 0.1) is 0 Å². The summed E-state index contributed by atoms with van der Waals surface area (Å²) in [4.78, 5) is 8.45. The lowest BCUT2D eigenvalue weighted by molar-refractivity contribution is 0.422. The van der Waals surface area contributed by atoms with Crippen molar-refractivity contribution < 1.29 is 4.52 Å². The molecule has 0 spiro atoms. The van der Waals surface area contributed by atoms with E-state index in [-0.39, 0.29) is 0 Å². The van der Waals surface area contributed by atoms with Crippen molar-refractivity contribution in [2.45, 2.75) is 17.4 Å². The maximum atomic E-state index is 5.87. The predicted molar refractivity (Wildman–Crippen MR) is 79.1 cm³/mol. The van der Waals surface area contributed by atoms with E-state index in [1.54, 1.807) is 18.5 Å². The Morgan fingerprint density at radius 1 is 1.37 bits per heavy atom. The first-order chi connectivity index (χ1) is 9.25. The van der Waals surface area contributed by atoms with E-state index in [0.29, 0.717) is 22.1 Å². The molecule has 7 heteroatoms. The minimum absolute atomic E-state index is 0.291. The highest BCUT2D eigenvalue weighted by Crippen LogP contribution is 2.41. The standard InChI is InChI=1S/C12H14N4OS2/c1-7-10(19-5-4-18-7)11-15-12(17-16-11)8-2-3-14-6-9(8)13/h2-3,6-7,10H,4-5,13H2,1H3. The lowest BCUT2D eigenvalue weighted by Crippen LogP contribution is -2.16. The van der Waals surface area contributed by atoms with Crippen molar-refractivity contribution in [3.8, 4) is 11.5 Å². The molecule has 2 atom stereocenters. The first-order valence-corrected chi connectivity index (χ1v) is 8.12. The fourth-order valence-corrected chi connectivity index (χ4v) is 4.66. The zero-order valence-corrected chi connectivity index (χ0v) is 12.1. The van der Waals surface area contributed by atoms with Crippen molar-refractivity contribution in [3.05, 3.63) is 24.3 Å². The smallest absolute Gasteiger partial charge is 0.260 e. The summed E-state index contributed by atoms with van der Waals surface area (Å²) >= 11 is 3.84. The van der Waals surface area contributed by atoms with Crippen LogP contribution in [0.3, 0.4) is 0 Å². The van der Waals surface area contributed by atoms with Crippen LogP contribution in [-0.2, 0) is 0 Å². The van der Waals surface area contributed by atoms with Gasteiger partial charge in [-0.25, -0.2) is 0 Å². The quantitative estimate of drug-likeness (QED) is 0.912. The second-order valence-corrected chi connectivity index (χ2v) is 7.02. The molecule has 2 N–H and O–H groups in total. The van der Waals surface area contributed by atoms with E-state index >= 15 is 0 Å². The molecule has 1 aliphatic rings. The van der Waals surface area contributed by atoms with E-state index in [0.717, 1.165) is 17.1 Å². The van der Waals surface area contributed by atoms with Crippen LogP contribution in [0.15, 0.2) is 23.0 Å². The Bertz CT molecular complexity index is 574. The van der Waals surface area contributed by atoms with Gasteiger partial charge < -0.3 is 10.3 Å². The summed E-state index contributed by atoms with van der Waals surface area (Å²) in [5.41, 5.74) is 7.17. The van der Waals surface area contributed by atoms with Gasteiger partial charge in [0.05, 0.1) is 22.7 Å². The molecule has 2 aromatic rings. The molecular formula is C12H14N4OS2. The van der Waals surface area contributed by atoms with Gasteiger partial charge in [-0.2, -0.15) is 16.7 Å². The van der Waals surface area contributed by atoms with Crippen molar-refractivity contribution in [3.63, 3.8) is 0 Å². The number of nitrogen functional groups attached to an aromatic ring is 1. The topological polar surface area (TPSA) is 77.8 Å². The highest BCUT2D eigenvalue weighted by atomic mass is 32.2. The average Bonchev–Trinajstić information content (AvgIpc) is 2.89. The van der Waals surface area contributed by atoms with Crippen LogP contribution in [0.1, 0.15) is 18.0 Å². The molecule has 1 aliphatic heterocycles.